The van der Waals surface area contributed by atoms with E-state index in [9.17, 15) is 0 Å². The Morgan fingerprint density at radius 1 is 1.30 bits per heavy atom. The molecule has 0 aliphatic rings. The molecule has 10 heavy (non-hydrogen) atoms. The predicted molar refractivity (Wildman–Crippen MR) is 49.6 cm³/mol. The van der Waals surface area contributed by atoms with Crippen LogP contribution in [-0.4, -0.2) is 22.0 Å². The lowest BCUT2D eigenvalue weighted by Gasteiger charge is -2.39. The van der Waals surface area contributed by atoms with Gasteiger partial charge in [0.15, 0.2) is 0 Å². The fraction of sp³-hybridized carbons (Fsp3) is 1.00. The van der Waals surface area contributed by atoms with E-state index < -0.39 is 0 Å². The van der Waals surface area contributed by atoms with Crippen molar-refractivity contribution in [2.24, 2.45) is 5.41 Å². The summed E-state index contributed by atoms with van der Waals surface area (Å²) in [5.74, 6) is 0.641. The van der Waals surface area contributed by atoms with Crippen LogP contribution in [0.2, 0.25) is 0 Å². The highest BCUT2D eigenvalue weighted by molar-refractivity contribution is 6.18. The fourth-order valence-electron chi connectivity index (χ4n) is 0.437. The van der Waals surface area contributed by atoms with Crippen molar-refractivity contribution in [1.29, 1.82) is 0 Å². The predicted octanol–water partition coefficient (Wildman–Crippen LogP) is 1.33. The van der Waals surface area contributed by atoms with Gasteiger partial charge in [0.1, 0.15) is 10.5 Å². The van der Waals surface area contributed by atoms with Gasteiger partial charge in [-0.3, -0.25) is 0 Å². The summed E-state index contributed by atoms with van der Waals surface area (Å²) in [4.78, 5) is 0. The first kappa shape index (κ1) is 10.5. The Kier molecular flexibility index (Phi) is 3.39. The van der Waals surface area contributed by atoms with Gasteiger partial charge in [0.25, 0.3) is 0 Å². The molecular weight excluding hydrogens is 164 g/mol. The minimum Gasteiger partial charge on any atom is -0.422 e. The standard InChI is InChI=1S/C7H17ClOSi/c1-6(2,5-8)7(3,4)9-10/h5H2,1-4,10H3. The molecule has 0 unspecified atom stereocenters. The van der Waals surface area contributed by atoms with E-state index in [0.29, 0.717) is 5.88 Å². The Labute approximate surface area is 71.6 Å². The van der Waals surface area contributed by atoms with Gasteiger partial charge in [-0.25, -0.2) is 0 Å². The van der Waals surface area contributed by atoms with Gasteiger partial charge in [0.05, 0.1) is 5.60 Å². The first-order valence-corrected chi connectivity index (χ1v) is 4.83. The molecule has 0 aromatic carbocycles. The molecule has 0 bridgehead atoms. The van der Waals surface area contributed by atoms with Crippen molar-refractivity contribution < 1.29 is 4.43 Å². The summed E-state index contributed by atoms with van der Waals surface area (Å²) in [5.41, 5.74) is -0.0166. The van der Waals surface area contributed by atoms with Gasteiger partial charge >= 0.3 is 0 Å². The molecule has 0 saturated heterocycles. The van der Waals surface area contributed by atoms with E-state index in [0.717, 1.165) is 10.5 Å². The number of alkyl halides is 1. The average molecular weight is 181 g/mol. The summed E-state index contributed by atoms with van der Waals surface area (Å²) < 4.78 is 5.45. The maximum atomic E-state index is 5.79. The molecule has 0 amide bonds. The van der Waals surface area contributed by atoms with Gasteiger partial charge in [-0.1, -0.05) is 13.8 Å². The van der Waals surface area contributed by atoms with Crippen molar-refractivity contribution in [1.82, 2.24) is 0 Å². The highest BCUT2D eigenvalue weighted by atomic mass is 35.5. The quantitative estimate of drug-likeness (QED) is 0.471. The van der Waals surface area contributed by atoms with Crippen LogP contribution in [-0.2, 0) is 4.43 Å². The molecule has 0 spiro atoms. The third kappa shape index (κ3) is 1.97. The van der Waals surface area contributed by atoms with E-state index in [1.165, 1.54) is 0 Å². The van der Waals surface area contributed by atoms with E-state index in [1.54, 1.807) is 0 Å². The van der Waals surface area contributed by atoms with Crippen molar-refractivity contribution in [2.45, 2.75) is 33.3 Å². The third-order valence-corrected chi connectivity index (χ3v) is 4.16. The lowest BCUT2D eigenvalue weighted by atomic mass is 9.79. The highest BCUT2D eigenvalue weighted by Crippen LogP contribution is 2.33. The van der Waals surface area contributed by atoms with Gasteiger partial charge in [-0.2, -0.15) is 0 Å². The maximum Gasteiger partial charge on any atom is 0.146 e. The molecule has 0 radical (unpaired) electrons. The number of halogens is 1. The van der Waals surface area contributed by atoms with Gasteiger partial charge in [-0.05, 0) is 13.8 Å². The van der Waals surface area contributed by atoms with Crippen LogP contribution in [0.25, 0.3) is 0 Å². The van der Waals surface area contributed by atoms with E-state index >= 15 is 0 Å². The van der Waals surface area contributed by atoms with Crippen LogP contribution < -0.4 is 0 Å². The second-order valence-corrected chi connectivity index (χ2v) is 4.41. The average Bonchev–Trinajstić information content (AvgIpc) is 1.88. The van der Waals surface area contributed by atoms with Crippen LogP contribution in [0, 0.1) is 5.41 Å². The van der Waals surface area contributed by atoms with Crippen molar-refractivity contribution in [3.8, 4) is 0 Å². The summed E-state index contributed by atoms with van der Waals surface area (Å²) in [6.45, 7) is 8.42. The Morgan fingerprint density at radius 3 is 1.80 bits per heavy atom. The van der Waals surface area contributed by atoms with Gasteiger partial charge < -0.3 is 4.43 Å². The Hall–Kier alpha value is 0.467. The van der Waals surface area contributed by atoms with E-state index in [1.807, 2.05) is 0 Å². The van der Waals surface area contributed by atoms with Crippen LogP contribution in [0.15, 0.2) is 0 Å². The molecule has 62 valence electrons. The molecule has 0 N–H and O–H groups in total. The zero-order valence-corrected chi connectivity index (χ0v) is 10.2. The molecule has 0 aliphatic heterocycles. The van der Waals surface area contributed by atoms with Crippen LogP contribution >= 0.6 is 11.6 Å². The zero-order valence-electron chi connectivity index (χ0n) is 7.49. The molecule has 0 heterocycles. The lowest BCUT2D eigenvalue weighted by Crippen LogP contribution is -2.42. The molecule has 0 rings (SSSR count). The fourth-order valence-corrected chi connectivity index (χ4v) is 1.31. The van der Waals surface area contributed by atoms with Crippen molar-refractivity contribution in [3.05, 3.63) is 0 Å². The molecule has 0 aromatic rings. The highest BCUT2D eigenvalue weighted by Gasteiger charge is 2.35. The summed E-state index contributed by atoms with van der Waals surface area (Å²) >= 11 is 5.79. The summed E-state index contributed by atoms with van der Waals surface area (Å²) in [7, 11) is 0.774. The zero-order chi connectivity index (χ0) is 8.41. The summed E-state index contributed by atoms with van der Waals surface area (Å²) in [5, 5.41) is 0. The number of rotatable bonds is 3. The summed E-state index contributed by atoms with van der Waals surface area (Å²) in [6.07, 6.45) is 0. The molecule has 0 atom stereocenters. The third-order valence-electron chi connectivity index (χ3n) is 2.47. The topological polar surface area (TPSA) is 9.23 Å². The largest absolute Gasteiger partial charge is 0.422 e. The number of hydrogen-bond donors (Lipinski definition) is 0. The maximum absolute atomic E-state index is 5.79. The molecule has 0 fully saturated rings. The monoisotopic (exact) mass is 180 g/mol. The molecule has 0 saturated carbocycles. The lowest BCUT2D eigenvalue weighted by molar-refractivity contribution is 0.0104. The van der Waals surface area contributed by atoms with Crippen molar-refractivity contribution in [3.63, 3.8) is 0 Å². The van der Waals surface area contributed by atoms with Crippen LogP contribution in [0.3, 0.4) is 0 Å². The molecule has 3 heteroatoms. The smallest absolute Gasteiger partial charge is 0.146 e. The van der Waals surface area contributed by atoms with Crippen LogP contribution in [0.1, 0.15) is 27.7 Å². The van der Waals surface area contributed by atoms with Gasteiger partial charge in [-0.15, -0.1) is 11.6 Å². The SMILES string of the molecule is CC(C)(CCl)C(C)(C)O[SiH3]. The van der Waals surface area contributed by atoms with Gasteiger partial charge in [0.2, 0.25) is 0 Å². The van der Waals surface area contributed by atoms with E-state index in [-0.39, 0.29) is 11.0 Å². The second-order valence-electron chi connectivity index (χ2n) is 3.73. The van der Waals surface area contributed by atoms with Crippen molar-refractivity contribution in [2.75, 3.05) is 5.88 Å². The number of hydrogen-bond acceptors (Lipinski definition) is 1. The minimum atomic E-state index is -0.0824. The Balaban J connectivity index is 4.28. The first-order chi connectivity index (χ1) is 4.37. The van der Waals surface area contributed by atoms with E-state index in [4.69, 9.17) is 16.0 Å². The van der Waals surface area contributed by atoms with Gasteiger partial charge in [0, 0.05) is 11.3 Å². The molecule has 0 aliphatic carbocycles. The Morgan fingerprint density at radius 2 is 1.70 bits per heavy atom. The molecule has 0 aromatic heterocycles. The molecular formula is C7H17ClOSi. The van der Waals surface area contributed by atoms with Crippen molar-refractivity contribution >= 4 is 22.1 Å². The summed E-state index contributed by atoms with van der Waals surface area (Å²) in [6, 6.07) is 0. The second kappa shape index (κ2) is 3.24. The van der Waals surface area contributed by atoms with Crippen LogP contribution in [0.5, 0.6) is 0 Å². The van der Waals surface area contributed by atoms with Crippen LogP contribution in [0.4, 0.5) is 0 Å². The first-order valence-electron chi connectivity index (χ1n) is 3.48. The Bertz CT molecular complexity index is 98.2. The molecule has 1 nitrogen and oxygen atoms in total. The van der Waals surface area contributed by atoms with E-state index in [2.05, 4.69) is 27.7 Å². The minimum absolute atomic E-state index is 0.0658. The normalized spacial score (nSPS) is 14.1.